The van der Waals surface area contributed by atoms with E-state index in [2.05, 4.69) is 20.8 Å². The second-order valence-corrected chi connectivity index (χ2v) is 7.17. The van der Waals surface area contributed by atoms with Crippen molar-refractivity contribution in [1.29, 1.82) is 0 Å². The highest BCUT2D eigenvalue weighted by atomic mass is 79.9. The van der Waals surface area contributed by atoms with Gasteiger partial charge in [0.15, 0.2) is 0 Å². The molecule has 0 aromatic heterocycles. The van der Waals surface area contributed by atoms with Crippen LogP contribution in [0.1, 0.15) is 36.0 Å². The van der Waals surface area contributed by atoms with Crippen LogP contribution in [-0.4, -0.2) is 48.4 Å². The van der Waals surface area contributed by atoms with Crippen LogP contribution < -0.4 is 0 Å². The number of hydrogen-bond acceptors (Lipinski definition) is 2. The molecule has 2 heterocycles. The number of piperidine rings is 1. The van der Waals surface area contributed by atoms with Crippen molar-refractivity contribution in [2.24, 2.45) is 5.92 Å². The van der Waals surface area contributed by atoms with E-state index in [1.54, 1.807) is 0 Å². The molecule has 1 amide bonds. The third-order valence-electron chi connectivity index (χ3n) is 4.71. The number of benzene rings is 1. The average Bonchev–Trinajstić information content (AvgIpc) is 3.01. The van der Waals surface area contributed by atoms with Gasteiger partial charge in [-0.05, 0) is 69.0 Å². The van der Waals surface area contributed by atoms with Gasteiger partial charge < -0.3 is 9.80 Å². The van der Waals surface area contributed by atoms with E-state index in [4.69, 9.17) is 0 Å². The van der Waals surface area contributed by atoms with E-state index in [-0.39, 0.29) is 5.91 Å². The van der Waals surface area contributed by atoms with Crippen molar-refractivity contribution in [3.05, 3.63) is 34.3 Å². The minimum atomic E-state index is 0.183. The third kappa shape index (κ3) is 3.86. The van der Waals surface area contributed by atoms with Crippen molar-refractivity contribution >= 4 is 21.8 Å². The van der Waals surface area contributed by atoms with Gasteiger partial charge >= 0.3 is 0 Å². The third-order valence-corrected chi connectivity index (χ3v) is 5.24. The molecule has 0 atom stereocenters. The topological polar surface area (TPSA) is 23.6 Å². The first-order valence-corrected chi connectivity index (χ1v) is 8.79. The number of rotatable bonds is 3. The first-order chi connectivity index (χ1) is 10.2. The molecular weight excluding hydrogens is 328 g/mol. The Morgan fingerprint density at radius 1 is 1.05 bits per heavy atom. The van der Waals surface area contributed by atoms with Gasteiger partial charge in [0.2, 0.25) is 0 Å². The van der Waals surface area contributed by atoms with Crippen molar-refractivity contribution in [2.75, 3.05) is 32.7 Å². The molecule has 21 heavy (non-hydrogen) atoms. The van der Waals surface area contributed by atoms with Crippen LogP contribution in [-0.2, 0) is 0 Å². The lowest BCUT2D eigenvalue weighted by molar-refractivity contribution is 0.0673. The molecule has 1 aromatic carbocycles. The quantitative estimate of drug-likeness (QED) is 0.833. The van der Waals surface area contributed by atoms with Crippen LogP contribution in [0.15, 0.2) is 28.7 Å². The summed E-state index contributed by atoms with van der Waals surface area (Å²) in [5.41, 5.74) is 0.802. The van der Waals surface area contributed by atoms with Gasteiger partial charge in [-0.15, -0.1) is 0 Å². The number of carbonyl (C=O) groups is 1. The summed E-state index contributed by atoms with van der Waals surface area (Å²) in [5.74, 6) is 0.958. The van der Waals surface area contributed by atoms with Gasteiger partial charge in [-0.3, -0.25) is 4.79 Å². The van der Waals surface area contributed by atoms with Crippen molar-refractivity contribution in [2.45, 2.75) is 25.7 Å². The van der Waals surface area contributed by atoms with Gasteiger partial charge in [0, 0.05) is 29.7 Å². The fourth-order valence-corrected chi connectivity index (χ4v) is 3.69. The lowest BCUT2D eigenvalue weighted by Gasteiger charge is -2.34. The highest BCUT2D eigenvalue weighted by Gasteiger charge is 2.25. The van der Waals surface area contributed by atoms with Crippen molar-refractivity contribution < 1.29 is 4.79 Å². The Kier molecular flexibility index (Phi) is 4.96. The smallest absolute Gasteiger partial charge is 0.253 e. The van der Waals surface area contributed by atoms with E-state index < -0.39 is 0 Å². The molecule has 0 bridgehead atoms. The largest absolute Gasteiger partial charge is 0.339 e. The zero-order valence-corrected chi connectivity index (χ0v) is 14.0. The number of hydrogen-bond donors (Lipinski definition) is 0. The zero-order chi connectivity index (χ0) is 14.7. The molecule has 0 unspecified atom stereocenters. The van der Waals surface area contributed by atoms with Gasteiger partial charge in [0.1, 0.15) is 0 Å². The van der Waals surface area contributed by atoms with E-state index in [1.807, 2.05) is 29.2 Å². The highest BCUT2D eigenvalue weighted by Crippen LogP contribution is 2.22. The Balaban J connectivity index is 1.50. The Morgan fingerprint density at radius 3 is 2.29 bits per heavy atom. The van der Waals surface area contributed by atoms with Crippen LogP contribution in [0.3, 0.4) is 0 Å². The summed E-state index contributed by atoms with van der Waals surface area (Å²) < 4.78 is 1.02. The number of amides is 1. The molecule has 2 fully saturated rings. The van der Waals surface area contributed by atoms with Crippen LogP contribution in [0.5, 0.6) is 0 Å². The average molecular weight is 351 g/mol. The van der Waals surface area contributed by atoms with E-state index in [9.17, 15) is 4.79 Å². The predicted molar refractivity (Wildman–Crippen MR) is 88.4 cm³/mol. The second kappa shape index (κ2) is 6.93. The predicted octanol–water partition coefficient (Wildman–Crippen LogP) is 3.40. The molecule has 2 saturated heterocycles. The Hall–Kier alpha value is -0.870. The summed E-state index contributed by atoms with van der Waals surface area (Å²) in [5, 5.41) is 0. The van der Waals surface area contributed by atoms with Gasteiger partial charge in [0.25, 0.3) is 5.91 Å². The molecule has 1 aromatic rings. The van der Waals surface area contributed by atoms with Gasteiger partial charge in [-0.1, -0.05) is 15.9 Å². The first kappa shape index (κ1) is 15.0. The molecule has 0 saturated carbocycles. The van der Waals surface area contributed by atoms with Gasteiger partial charge in [-0.2, -0.15) is 0 Å². The molecule has 2 aliphatic rings. The molecule has 0 N–H and O–H groups in total. The highest BCUT2D eigenvalue weighted by molar-refractivity contribution is 9.10. The normalized spacial score (nSPS) is 20.9. The van der Waals surface area contributed by atoms with Crippen molar-refractivity contribution in [3.8, 4) is 0 Å². The maximum absolute atomic E-state index is 12.5. The molecule has 3 rings (SSSR count). The van der Waals surface area contributed by atoms with Crippen LogP contribution in [0.4, 0.5) is 0 Å². The summed E-state index contributed by atoms with van der Waals surface area (Å²) >= 11 is 3.41. The Morgan fingerprint density at radius 2 is 1.67 bits per heavy atom. The van der Waals surface area contributed by atoms with E-state index in [0.717, 1.165) is 41.9 Å². The molecule has 2 aliphatic heterocycles. The molecule has 3 nitrogen and oxygen atoms in total. The second-order valence-electron chi connectivity index (χ2n) is 6.25. The van der Waals surface area contributed by atoms with Crippen molar-refractivity contribution in [1.82, 2.24) is 9.80 Å². The monoisotopic (exact) mass is 350 g/mol. The number of halogens is 1. The molecular formula is C17H23BrN2O. The first-order valence-electron chi connectivity index (χ1n) is 7.99. The fraction of sp³-hybridized carbons (Fsp3) is 0.588. The van der Waals surface area contributed by atoms with E-state index in [0.29, 0.717) is 0 Å². The van der Waals surface area contributed by atoms with Gasteiger partial charge in [-0.25, -0.2) is 0 Å². The zero-order valence-electron chi connectivity index (χ0n) is 12.4. The molecule has 0 aliphatic carbocycles. The molecule has 0 spiro atoms. The Bertz CT molecular complexity index is 474. The standard InChI is InChI=1S/C17H23BrN2O/c18-16-5-3-15(4-6-16)17(21)20-11-7-14(8-12-20)13-19-9-1-2-10-19/h3-6,14H,1-2,7-13H2. The lowest BCUT2D eigenvalue weighted by atomic mass is 9.95. The summed E-state index contributed by atoms with van der Waals surface area (Å²) in [6.07, 6.45) is 5.03. The maximum atomic E-state index is 12.5. The summed E-state index contributed by atoms with van der Waals surface area (Å²) in [4.78, 5) is 17.1. The molecule has 4 heteroatoms. The van der Waals surface area contributed by atoms with Crippen LogP contribution in [0.25, 0.3) is 0 Å². The number of nitrogens with zero attached hydrogens (tertiary/aromatic N) is 2. The lowest BCUT2D eigenvalue weighted by Crippen LogP contribution is -2.41. The number of carbonyl (C=O) groups excluding carboxylic acids is 1. The minimum absolute atomic E-state index is 0.183. The number of likely N-dealkylation sites (tertiary alicyclic amines) is 2. The van der Waals surface area contributed by atoms with Crippen LogP contribution >= 0.6 is 15.9 Å². The Labute approximate surface area is 135 Å². The summed E-state index contributed by atoms with van der Waals surface area (Å²) in [7, 11) is 0. The minimum Gasteiger partial charge on any atom is -0.339 e. The molecule has 114 valence electrons. The van der Waals surface area contributed by atoms with E-state index in [1.165, 1.54) is 32.5 Å². The summed E-state index contributed by atoms with van der Waals surface area (Å²) in [6.45, 7) is 5.61. The fourth-order valence-electron chi connectivity index (χ4n) is 3.42. The van der Waals surface area contributed by atoms with Crippen molar-refractivity contribution in [3.63, 3.8) is 0 Å². The van der Waals surface area contributed by atoms with Gasteiger partial charge in [0.05, 0.1) is 0 Å². The summed E-state index contributed by atoms with van der Waals surface area (Å²) in [6, 6.07) is 7.69. The van der Waals surface area contributed by atoms with E-state index >= 15 is 0 Å². The van der Waals surface area contributed by atoms with Crippen LogP contribution in [0, 0.1) is 5.92 Å². The maximum Gasteiger partial charge on any atom is 0.253 e. The van der Waals surface area contributed by atoms with Crippen LogP contribution in [0.2, 0.25) is 0 Å². The molecule has 0 radical (unpaired) electrons. The SMILES string of the molecule is O=C(c1ccc(Br)cc1)N1CCC(CN2CCCC2)CC1.